The normalized spacial score (nSPS) is 21.9. The molecule has 1 unspecified atom stereocenters. The molecule has 0 heterocycles. The summed E-state index contributed by atoms with van der Waals surface area (Å²) in [6.45, 7) is 4.72. The third kappa shape index (κ3) is 5.99. The summed E-state index contributed by atoms with van der Waals surface area (Å²) in [5.41, 5.74) is 3.22. The Bertz CT molecular complexity index is 388. The van der Waals surface area contributed by atoms with E-state index >= 15 is 0 Å². The Morgan fingerprint density at radius 1 is 1.05 bits per heavy atom. The zero-order chi connectivity index (χ0) is 15.8. The maximum atomic E-state index is 2.39. The second-order valence-electron chi connectivity index (χ2n) is 6.68. The summed E-state index contributed by atoms with van der Waals surface area (Å²) in [5, 5.41) is 0. The molecule has 0 aromatic carbocycles. The molecule has 0 saturated carbocycles. The van der Waals surface area contributed by atoms with Crippen molar-refractivity contribution in [3.8, 4) is 0 Å². The van der Waals surface area contributed by atoms with Crippen molar-refractivity contribution in [2.45, 2.75) is 47.5 Å². The average molecular weight is 347 g/mol. The molecule has 1 aliphatic rings. The minimum absolute atomic E-state index is 0.771. The van der Waals surface area contributed by atoms with Crippen molar-refractivity contribution in [1.29, 1.82) is 0 Å². The Balaban J connectivity index is 3.18. The predicted molar refractivity (Wildman–Crippen MR) is 97.0 cm³/mol. The summed E-state index contributed by atoms with van der Waals surface area (Å²) in [6, 6.07) is 0. The van der Waals surface area contributed by atoms with Gasteiger partial charge in [0.1, 0.15) is 0 Å². The molecular weight excluding hydrogens is 314 g/mol. The fourth-order valence-electron chi connectivity index (χ4n) is 3.46. The van der Waals surface area contributed by atoms with E-state index in [0.717, 1.165) is 10.9 Å². The minimum atomic E-state index is -1.33. The molecule has 0 aromatic heterocycles. The molecule has 0 amide bonds. The summed E-state index contributed by atoms with van der Waals surface area (Å²) >= 11 is -1.33. The topological polar surface area (TPSA) is 6.48 Å². The van der Waals surface area contributed by atoms with E-state index in [1.807, 2.05) is 0 Å². The molecule has 0 radical (unpaired) electrons. The van der Waals surface area contributed by atoms with Gasteiger partial charge in [0, 0.05) is 0 Å². The van der Waals surface area contributed by atoms with Crippen molar-refractivity contribution in [2.24, 2.45) is 0 Å². The summed E-state index contributed by atoms with van der Waals surface area (Å²) in [5.74, 6) is 0. The van der Waals surface area contributed by atoms with Gasteiger partial charge in [0.2, 0.25) is 0 Å². The number of allylic oxidation sites excluding steroid dienone is 4. The number of nitrogens with zero attached hydrogens (tertiary/aromatic N) is 2. The summed E-state index contributed by atoms with van der Waals surface area (Å²) in [4.78, 5) is 7.46. The summed E-state index contributed by atoms with van der Waals surface area (Å²) in [7, 11) is 8.59. The van der Waals surface area contributed by atoms with E-state index in [4.69, 9.17) is 0 Å². The zero-order valence-corrected chi connectivity index (χ0v) is 17.3. The maximum absolute atomic E-state index is 2.39. The molecule has 1 rings (SSSR count). The molecule has 1 aliphatic carbocycles. The van der Waals surface area contributed by atoms with Crippen LogP contribution >= 0.6 is 0 Å². The van der Waals surface area contributed by atoms with Crippen LogP contribution in [0.5, 0.6) is 0 Å². The molecule has 2 nitrogen and oxygen atoms in total. The van der Waals surface area contributed by atoms with Gasteiger partial charge in [-0.2, -0.15) is 0 Å². The fraction of sp³-hybridized carbons (Fsp3) is 0.667. The second-order valence-corrected chi connectivity index (χ2v) is 13.7. The molecule has 0 bridgehead atoms. The van der Waals surface area contributed by atoms with Gasteiger partial charge in [-0.1, -0.05) is 0 Å². The molecule has 3 heteroatoms. The van der Waals surface area contributed by atoms with E-state index in [-0.39, 0.29) is 0 Å². The van der Waals surface area contributed by atoms with Gasteiger partial charge in [-0.25, -0.2) is 0 Å². The molecule has 0 aliphatic heterocycles. The molecule has 21 heavy (non-hydrogen) atoms. The molecular formula is C18H33GaN2. The molecule has 0 N–H and O–H groups in total. The predicted octanol–water partition coefficient (Wildman–Crippen LogP) is 4.52. The van der Waals surface area contributed by atoms with Crippen LogP contribution in [0.1, 0.15) is 33.1 Å². The van der Waals surface area contributed by atoms with Gasteiger partial charge in [-0.3, -0.25) is 0 Å². The molecule has 0 spiro atoms. The SMILES string of the molecule is CC[CH2][Ga]([CH2]CC)[CH]1C(=CN(C)C)C=CCC1=CN(C)C. The Labute approximate surface area is 137 Å². The van der Waals surface area contributed by atoms with Crippen LogP contribution in [0.15, 0.2) is 35.7 Å². The van der Waals surface area contributed by atoms with E-state index < -0.39 is 16.2 Å². The van der Waals surface area contributed by atoms with Crippen LogP contribution in [0.4, 0.5) is 0 Å². The Morgan fingerprint density at radius 2 is 1.62 bits per heavy atom. The second kappa shape index (κ2) is 9.47. The Kier molecular flexibility index (Phi) is 8.34. The van der Waals surface area contributed by atoms with Gasteiger partial charge < -0.3 is 0 Å². The van der Waals surface area contributed by atoms with Crippen LogP contribution < -0.4 is 0 Å². The van der Waals surface area contributed by atoms with E-state index in [0.29, 0.717) is 0 Å². The monoisotopic (exact) mass is 346 g/mol. The van der Waals surface area contributed by atoms with E-state index in [2.05, 4.69) is 76.4 Å². The van der Waals surface area contributed by atoms with Crippen molar-refractivity contribution < 1.29 is 0 Å². The van der Waals surface area contributed by atoms with Crippen molar-refractivity contribution in [3.63, 3.8) is 0 Å². The van der Waals surface area contributed by atoms with Crippen LogP contribution in [0.2, 0.25) is 14.4 Å². The van der Waals surface area contributed by atoms with E-state index in [1.165, 1.54) is 22.8 Å². The van der Waals surface area contributed by atoms with Gasteiger partial charge >= 0.3 is 137 Å². The van der Waals surface area contributed by atoms with Crippen LogP contribution in [-0.2, 0) is 0 Å². The van der Waals surface area contributed by atoms with Gasteiger partial charge in [0.15, 0.2) is 0 Å². The first-order valence-electron chi connectivity index (χ1n) is 8.41. The molecule has 0 fully saturated rings. The fourth-order valence-corrected chi connectivity index (χ4v) is 11.9. The standard InChI is InChI=1S/C12H19N2.2C3H7.Ga/c1-13(2)9-11-6-5-7-12(8-11)10-14(3)4;2*1-3-2;/h5-6,8-10H,7H2,1-4H3;2*1,3H2,2H3;. The first kappa shape index (κ1) is 18.5. The van der Waals surface area contributed by atoms with Crippen LogP contribution in [0.25, 0.3) is 0 Å². The van der Waals surface area contributed by atoms with Crippen molar-refractivity contribution in [1.82, 2.24) is 9.80 Å². The Hall–Kier alpha value is -0.544. The Morgan fingerprint density at radius 3 is 2.10 bits per heavy atom. The third-order valence-corrected chi connectivity index (χ3v) is 13.3. The third-order valence-electron chi connectivity index (χ3n) is 4.04. The van der Waals surface area contributed by atoms with Crippen LogP contribution in [0, 0.1) is 0 Å². The quantitative estimate of drug-likeness (QED) is 0.625. The van der Waals surface area contributed by atoms with Crippen LogP contribution in [0.3, 0.4) is 0 Å². The number of rotatable bonds is 7. The number of hydrogen-bond acceptors (Lipinski definition) is 2. The van der Waals surface area contributed by atoms with E-state index in [1.54, 1.807) is 11.1 Å². The molecule has 118 valence electrons. The van der Waals surface area contributed by atoms with Crippen LogP contribution in [-0.4, -0.2) is 54.2 Å². The molecule has 1 atom stereocenters. The zero-order valence-electron chi connectivity index (χ0n) is 14.9. The van der Waals surface area contributed by atoms with E-state index in [9.17, 15) is 0 Å². The van der Waals surface area contributed by atoms with Gasteiger partial charge in [-0.05, 0) is 0 Å². The van der Waals surface area contributed by atoms with Crippen molar-refractivity contribution in [3.05, 3.63) is 35.7 Å². The first-order valence-corrected chi connectivity index (χ1v) is 13.2. The van der Waals surface area contributed by atoms with Gasteiger partial charge in [-0.15, -0.1) is 0 Å². The number of hydrogen-bond donors (Lipinski definition) is 0. The molecule has 0 aromatic rings. The summed E-state index contributed by atoms with van der Waals surface area (Å²) < 4.78 is 0.771. The van der Waals surface area contributed by atoms with Crippen molar-refractivity contribution >= 4 is 16.2 Å². The van der Waals surface area contributed by atoms with Gasteiger partial charge in [0.05, 0.1) is 0 Å². The molecule has 0 saturated heterocycles. The van der Waals surface area contributed by atoms with Gasteiger partial charge in [0.25, 0.3) is 0 Å². The van der Waals surface area contributed by atoms with Crippen molar-refractivity contribution in [2.75, 3.05) is 28.2 Å². The average Bonchev–Trinajstić information content (AvgIpc) is 2.37. The summed E-state index contributed by atoms with van der Waals surface area (Å²) in [6.07, 6.45) is 13.3. The first-order chi connectivity index (χ1) is 9.99.